The van der Waals surface area contributed by atoms with Gasteiger partial charge < -0.3 is 10.1 Å². The molecule has 0 aromatic carbocycles. The maximum atomic E-state index is 12.1. The molecule has 0 aliphatic heterocycles. The van der Waals surface area contributed by atoms with Gasteiger partial charge in [0.1, 0.15) is 5.54 Å². The third kappa shape index (κ3) is 2.12. The van der Waals surface area contributed by atoms with E-state index >= 15 is 0 Å². The van der Waals surface area contributed by atoms with Crippen LogP contribution in [0.2, 0.25) is 5.02 Å². The van der Waals surface area contributed by atoms with Crippen molar-refractivity contribution in [1.82, 2.24) is 15.1 Å². The quantitative estimate of drug-likeness (QED) is 0.822. The SMILES string of the molecule is CNC(Cn1ncc(Cl)c1C)(C(=O)OC)C1CC1. The van der Waals surface area contributed by atoms with E-state index in [1.807, 2.05) is 6.92 Å². The summed E-state index contributed by atoms with van der Waals surface area (Å²) in [6.07, 6.45) is 3.66. The summed E-state index contributed by atoms with van der Waals surface area (Å²) in [5.74, 6) is 0.0656. The highest BCUT2D eigenvalue weighted by Crippen LogP contribution is 2.41. The molecular weight excluding hydrogens is 254 g/mol. The minimum absolute atomic E-state index is 0.237. The molecule has 1 aliphatic rings. The van der Waals surface area contributed by atoms with Crippen molar-refractivity contribution in [2.75, 3.05) is 14.2 Å². The van der Waals surface area contributed by atoms with Crippen molar-refractivity contribution in [3.8, 4) is 0 Å². The molecule has 0 saturated heterocycles. The Hall–Kier alpha value is -1.07. The minimum atomic E-state index is -0.700. The average molecular weight is 272 g/mol. The molecule has 0 spiro atoms. The predicted octanol–water partition coefficient (Wildman–Crippen LogP) is 1.39. The van der Waals surface area contributed by atoms with Crippen LogP contribution in [0.15, 0.2) is 6.20 Å². The number of carbonyl (C=O) groups is 1. The van der Waals surface area contributed by atoms with Crippen molar-refractivity contribution in [2.24, 2.45) is 5.92 Å². The highest BCUT2D eigenvalue weighted by atomic mass is 35.5. The molecule has 0 radical (unpaired) electrons. The third-order valence-corrected chi connectivity index (χ3v) is 4.08. The predicted molar refractivity (Wildman–Crippen MR) is 68.5 cm³/mol. The van der Waals surface area contributed by atoms with E-state index in [9.17, 15) is 4.79 Å². The van der Waals surface area contributed by atoms with E-state index in [1.54, 1.807) is 17.9 Å². The maximum absolute atomic E-state index is 12.1. The molecule has 6 heteroatoms. The van der Waals surface area contributed by atoms with Crippen LogP contribution < -0.4 is 5.32 Å². The number of aromatic nitrogens is 2. The lowest BCUT2D eigenvalue weighted by atomic mass is 9.93. The van der Waals surface area contributed by atoms with Crippen molar-refractivity contribution >= 4 is 17.6 Å². The summed E-state index contributed by atoms with van der Waals surface area (Å²) in [5.41, 5.74) is 0.162. The van der Waals surface area contributed by atoms with Gasteiger partial charge in [-0.15, -0.1) is 0 Å². The lowest BCUT2D eigenvalue weighted by Crippen LogP contribution is -2.56. The fourth-order valence-corrected chi connectivity index (χ4v) is 2.46. The summed E-state index contributed by atoms with van der Waals surface area (Å²) in [6.45, 7) is 2.33. The molecule has 2 rings (SSSR count). The number of hydrogen-bond donors (Lipinski definition) is 1. The molecule has 1 aromatic heterocycles. The first kappa shape index (κ1) is 13.4. The molecule has 1 atom stereocenters. The van der Waals surface area contributed by atoms with Crippen LogP contribution in [-0.2, 0) is 16.1 Å². The number of esters is 1. The van der Waals surface area contributed by atoms with E-state index in [2.05, 4.69) is 10.4 Å². The van der Waals surface area contributed by atoms with Crippen LogP contribution >= 0.6 is 11.6 Å². The summed E-state index contributed by atoms with van der Waals surface area (Å²) < 4.78 is 6.71. The number of nitrogens with zero attached hydrogens (tertiary/aromatic N) is 2. The summed E-state index contributed by atoms with van der Waals surface area (Å²) in [6, 6.07) is 0. The summed E-state index contributed by atoms with van der Waals surface area (Å²) in [5, 5.41) is 7.96. The van der Waals surface area contributed by atoms with Crippen LogP contribution in [0.25, 0.3) is 0 Å². The van der Waals surface area contributed by atoms with Crippen molar-refractivity contribution < 1.29 is 9.53 Å². The van der Waals surface area contributed by atoms with E-state index in [-0.39, 0.29) is 5.97 Å². The molecule has 18 heavy (non-hydrogen) atoms. The van der Waals surface area contributed by atoms with Crippen LogP contribution in [-0.4, -0.2) is 35.4 Å². The first-order valence-corrected chi connectivity index (χ1v) is 6.38. The highest BCUT2D eigenvalue weighted by molar-refractivity contribution is 6.31. The van der Waals surface area contributed by atoms with Crippen LogP contribution in [0.4, 0.5) is 0 Å². The summed E-state index contributed by atoms with van der Waals surface area (Å²) in [7, 11) is 3.20. The van der Waals surface area contributed by atoms with Crippen LogP contribution in [0.5, 0.6) is 0 Å². The van der Waals surface area contributed by atoms with Crippen LogP contribution in [0.1, 0.15) is 18.5 Å². The lowest BCUT2D eigenvalue weighted by Gasteiger charge is -2.31. The second-order valence-corrected chi connectivity index (χ2v) is 5.13. The number of rotatable bonds is 5. The Bertz CT molecular complexity index is 456. The summed E-state index contributed by atoms with van der Waals surface area (Å²) >= 11 is 5.99. The topological polar surface area (TPSA) is 56.2 Å². The molecule has 1 fully saturated rings. The second kappa shape index (κ2) is 4.90. The fraction of sp³-hybridized carbons (Fsp3) is 0.667. The van der Waals surface area contributed by atoms with Gasteiger partial charge in [-0.25, -0.2) is 4.79 Å². The number of carbonyl (C=O) groups excluding carboxylic acids is 1. The van der Waals surface area contributed by atoms with E-state index in [4.69, 9.17) is 16.3 Å². The van der Waals surface area contributed by atoms with Crippen molar-refractivity contribution in [1.29, 1.82) is 0 Å². The smallest absolute Gasteiger partial charge is 0.328 e. The van der Waals surface area contributed by atoms with Gasteiger partial charge in [0, 0.05) is 0 Å². The van der Waals surface area contributed by atoms with Crippen LogP contribution in [0, 0.1) is 12.8 Å². The number of hydrogen-bond acceptors (Lipinski definition) is 4. The van der Waals surface area contributed by atoms with E-state index < -0.39 is 5.54 Å². The highest BCUT2D eigenvalue weighted by Gasteiger charge is 2.51. The molecule has 1 unspecified atom stereocenters. The Morgan fingerprint density at radius 1 is 1.72 bits per heavy atom. The van der Waals surface area contributed by atoms with E-state index in [1.165, 1.54) is 7.11 Å². The molecule has 0 bridgehead atoms. The standard InChI is InChI=1S/C12H18ClN3O2/c1-8-10(13)6-15-16(8)7-12(14-2,9-4-5-9)11(17)18-3/h6,9,14H,4-5,7H2,1-3H3. The van der Waals surface area contributed by atoms with Crippen LogP contribution in [0.3, 0.4) is 0 Å². The summed E-state index contributed by atoms with van der Waals surface area (Å²) in [4.78, 5) is 12.1. The van der Waals surface area contributed by atoms with Gasteiger partial charge in [0.25, 0.3) is 0 Å². The average Bonchev–Trinajstić information content (AvgIpc) is 3.18. The molecule has 1 aromatic rings. The van der Waals surface area contributed by atoms with Gasteiger partial charge in [-0.3, -0.25) is 4.68 Å². The molecule has 1 heterocycles. The minimum Gasteiger partial charge on any atom is -0.468 e. The zero-order valence-electron chi connectivity index (χ0n) is 10.9. The zero-order valence-corrected chi connectivity index (χ0v) is 11.6. The first-order chi connectivity index (χ1) is 8.55. The molecule has 1 N–H and O–H groups in total. The second-order valence-electron chi connectivity index (χ2n) is 4.72. The number of methoxy groups -OCH3 is 1. The first-order valence-electron chi connectivity index (χ1n) is 6.00. The lowest BCUT2D eigenvalue weighted by molar-refractivity contribution is -0.150. The number of nitrogens with one attached hydrogen (secondary N) is 1. The van der Waals surface area contributed by atoms with Gasteiger partial charge >= 0.3 is 5.97 Å². The maximum Gasteiger partial charge on any atom is 0.328 e. The van der Waals surface area contributed by atoms with Crippen molar-refractivity contribution in [2.45, 2.75) is 31.8 Å². The Morgan fingerprint density at radius 2 is 2.39 bits per heavy atom. The molecule has 1 aliphatic carbocycles. The largest absolute Gasteiger partial charge is 0.468 e. The molecule has 5 nitrogen and oxygen atoms in total. The number of likely N-dealkylation sites (N-methyl/N-ethyl adjacent to an activating group) is 1. The number of ether oxygens (including phenoxy) is 1. The number of halogens is 1. The van der Waals surface area contributed by atoms with Crippen molar-refractivity contribution in [3.05, 3.63) is 16.9 Å². The van der Waals surface area contributed by atoms with E-state index in [0.717, 1.165) is 18.5 Å². The van der Waals surface area contributed by atoms with Gasteiger partial charge in [-0.2, -0.15) is 5.10 Å². The third-order valence-electron chi connectivity index (χ3n) is 3.71. The molecule has 1 saturated carbocycles. The Balaban J connectivity index is 2.30. The Morgan fingerprint density at radius 3 is 2.78 bits per heavy atom. The Kier molecular flexibility index (Phi) is 3.64. The Labute approximate surface area is 111 Å². The zero-order chi connectivity index (χ0) is 13.3. The van der Waals surface area contributed by atoms with Gasteiger partial charge in [0.2, 0.25) is 0 Å². The molecule has 100 valence electrons. The fourth-order valence-electron chi connectivity index (χ4n) is 2.32. The van der Waals surface area contributed by atoms with Gasteiger partial charge in [0.15, 0.2) is 0 Å². The normalized spacial score (nSPS) is 18.4. The molecular formula is C12H18ClN3O2. The van der Waals surface area contributed by atoms with Gasteiger partial charge in [-0.1, -0.05) is 11.6 Å². The van der Waals surface area contributed by atoms with Gasteiger partial charge in [0.05, 0.1) is 30.6 Å². The molecule has 0 amide bonds. The van der Waals surface area contributed by atoms with E-state index in [0.29, 0.717) is 17.5 Å². The monoisotopic (exact) mass is 271 g/mol. The van der Waals surface area contributed by atoms with Gasteiger partial charge in [-0.05, 0) is 32.7 Å². The van der Waals surface area contributed by atoms with Crippen molar-refractivity contribution in [3.63, 3.8) is 0 Å².